The number of carbonyl (C=O) groups excluding carboxylic acids is 1. The first kappa shape index (κ1) is 15.4. The zero-order chi connectivity index (χ0) is 14.4. The van der Waals surface area contributed by atoms with Gasteiger partial charge in [0.15, 0.2) is 0 Å². The van der Waals surface area contributed by atoms with Gasteiger partial charge in [0.25, 0.3) is 0 Å². The predicted octanol–water partition coefficient (Wildman–Crippen LogP) is 3.94. The predicted molar refractivity (Wildman–Crippen MR) is 79.9 cm³/mol. The maximum Gasteiger partial charge on any atom is 0.240 e. The maximum absolute atomic E-state index is 12.7. The van der Waals surface area contributed by atoms with Crippen LogP contribution >= 0.6 is 0 Å². The van der Waals surface area contributed by atoms with E-state index in [1.807, 2.05) is 0 Å². The van der Waals surface area contributed by atoms with E-state index in [1.165, 1.54) is 25.7 Å². The van der Waals surface area contributed by atoms with Crippen LogP contribution in [0.4, 0.5) is 0 Å². The van der Waals surface area contributed by atoms with E-state index in [-0.39, 0.29) is 11.9 Å². The van der Waals surface area contributed by atoms with Gasteiger partial charge in [0.2, 0.25) is 5.91 Å². The summed E-state index contributed by atoms with van der Waals surface area (Å²) in [5, 5.41) is 12.8. The molecule has 2 fully saturated rings. The van der Waals surface area contributed by atoms with Gasteiger partial charge in [-0.2, -0.15) is 5.26 Å². The normalized spacial score (nSPS) is 30.6. The van der Waals surface area contributed by atoms with Crippen molar-refractivity contribution in [1.29, 1.82) is 5.26 Å². The van der Waals surface area contributed by atoms with Crippen LogP contribution in [0.15, 0.2) is 0 Å². The topological polar surface area (TPSA) is 52.9 Å². The molecule has 0 aromatic rings. The fourth-order valence-corrected chi connectivity index (χ4v) is 3.74. The van der Waals surface area contributed by atoms with Gasteiger partial charge in [-0.05, 0) is 31.6 Å². The smallest absolute Gasteiger partial charge is 0.240 e. The van der Waals surface area contributed by atoms with E-state index < -0.39 is 5.41 Å². The Hall–Kier alpha value is -1.04. The Morgan fingerprint density at radius 1 is 1.05 bits per heavy atom. The Balaban J connectivity index is 2.02. The molecule has 0 heterocycles. The van der Waals surface area contributed by atoms with Gasteiger partial charge < -0.3 is 5.32 Å². The van der Waals surface area contributed by atoms with E-state index in [4.69, 9.17) is 0 Å². The number of nitriles is 1. The second kappa shape index (κ2) is 7.11. The monoisotopic (exact) mass is 276 g/mol. The van der Waals surface area contributed by atoms with Gasteiger partial charge >= 0.3 is 0 Å². The van der Waals surface area contributed by atoms with Crippen LogP contribution in [0.1, 0.15) is 77.6 Å². The molecule has 1 N–H and O–H groups in total. The molecule has 1 amide bonds. The third kappa shape index (κ3) is 3.53. The molecule has 0 bridgehead atoms. The summed E-state index contributed by atoms with van der Waals surface area (Å²) in [5.74, 6) is 0.559. The highest BCUT2D eigenvalue weighted by Gasteiger charge is 2.40. The van der Waals surface area contributed by atoms with Gasteiger partial charge in [0.05, 0.1) is 6.07 Å². The lowest BCUT2D eigenvalue weighted by atomic mass is 9.80. The molecule has 0 aliphatic heterocycles. The molecule has 2 rings (SSSR count). The minimum atomic E-state index is -0.747. The molecule has 3 nitrogen and oxygen atoms in total. The molecule has 2 saturated carbocycles. The maximum atomic E-state index is 12.7. The van der Waals surface area contributed by atoms with Gasteiger partial charge in [-0.3, -0.25) is 4.79 Å². The van der Waals surface area contributed by atoms with Crippen LogP contribution in [0.5, 0.6) is 0 Å². The van der Waals surface area contributed by atoms with Crippen LogP contribution in [0.25, 0.3) is 0 Å². The minimum absolute atomic E-state index is 0.0145. The molecule has 0 spiro atoms. The summed E-state index contributed by atoms with van der Waals surface area (Å²) in [7, 11) is 0. The molecule has 0 radical (unpaired) electrons. The molecule has 20 heavy (non-hydrogen) atoms. The largest absolute Gasteiger partial charge is 0.352 e. The highest BCUT2D eigenvalue weighted by atomic mass is 16.2. The summed E-state index contributed by atoms with van der Waals surface area (Å²) in [6, 6.07) is 2.64. The summed E-state index contributed by atoms with van der Waals surface area (Å²) in [6.45, 7) is 2.24. The second-order valence-electron chi connectivity index (χ2n) is 6.80. The van der Waals surface area contributed by atoms with Gasteiger partial charge in [-0.25, -0.2) is 0 Å². The van der Waals surface area contributed by atoms with E-state index in [0.717, 1.165) is 44.9 Å². The Morgan fingerprint density at radius 2 is 1.65 bits per heavy atom. The summed E-state index contributed by atoms with van der Waals surface area (Å²) >= 11 is 0. The molecule has 2 aliphatic carbocycles. The fourth-order valence-electron chi connectivity index (χ4n) is 3.74. The van der Waals surface area contributed by atoms with Crippen molar-refractivity contribution in [2.45, 2.75) is 83.6 Å². The van der Waals surface area contributed by atoms with Gasteiger partial charge in [-0.1, -0.05) is 51.9 Å². The van der Waals surface area contributed by atoms with E-state index in [9.17, 15) is 10.1 Å². The van der Waals surface area contributed by atoms with Gasteiger partial charge in [-0.15, -0.1) is 0 Å². The van der Waals surface area contributed by atoms with Crippen LogP contribution in [0.3, 0.4) is 0 Å². The highest BCUT2D eigenvalue weighted by molar-refractivity contribution is 5.85. The van der Waals surface area contributed by atoms with Crippen molar-refractivity contribution in [2.75, 3.05) is 0 Å². The Labute approximate surface area is 123 Å². The Morgan fingerprint density at radius 3 is 2.30 bits per heavy atom. The Bertz CT molecular complexity index is 364. The quantitative estimate of drug-likeness (QED) is 0.777. The summed E-state index contributed by atoms with van der Waals surface area (Å²) in [6.07, 6.45) is 11.9. The zero-order valence-electron chi connectivity index (χ0n) is 12.8. The average molecular weight is 276 g/mol. The van der Waals surface area contributed by atoms with Crippen molar-refractivity contribution < 1.29 is 4.79 Å². The van der Waals surface area contributed by atoms with Crippen LogP contribution in [0.2, 0.25) is 0 Å². The number of nitrogens with zero attached hydrogens (tertiary/aromatic N) is 1. The molecule has 2 unspecified atom stereocenters. The van der Waals surface area contributed by atoms with Crippen molar-refractivity contribution in [1.82, 2.24) is 5.32 Å². The summed E-state index contributed by atoms with van der Waals surface area (Å²) < 4.78 is 0. The number of nitrogens with one attached hydrogen (secondary N) is 1. The van der Waals surface area contributed by atoms with Crippen LogP contribution in [0, 0.1) is 22.7 Å². The first-order valence-electron chi connectivity index (χ1n) is 8.40. The molecule has 112 valence electrons. The molecule has 0 saturated heterocycles. The zero-order valence-corrected chi connectivity index (χ0v) is 12.8. The third-order valence-corrected chi connectivity index (χ3v) is 5.28. The van der Waals surface area contributed by atoms with Crippen LogP contribution < -0.4 is 5.32 Å². The van der Waals surface area contributed by atoms with E-state index in [2.05, 4.69) is 18.3 Å². The van der Waals surface area contributed by atoms with Gasteiger partial charge in [0, 0.05) is 6.04 Å². The number of hydrogen-bond donors (Lipinski definition) is 1. The lowest BCUT2D eigenvalue weighted by molar-refractivity contribution is -0.130. The van der Waals surface area contributed by atoms with Crippen molar-refractivity contribution in [2.24, 2.45) is 11.3 Å². The van der Waals surface area contributed by atoms with Crippen LogP contribution in [-0.2, 0) is 4.79 Å². The lowest BCUT2D eigenvalue weighted by Crippen LogP contribution is -2.47. The van der Waals surface area contributed by atoms with Crippen LogP contribution in [-0.4, -0.2) is 11.9 Å². The number of rotatable bonds is 2. The van der Waals surface area contributed by atoms with Crippen molar-refractivity contribution >= 4 is 5.91 Å². The van der Waals surface area contributed by atoms with E-state index >= 15 is 0 Å². The molecular formula is C17H28N2O. The number of amides is 1. The van der Waals surface area contributed by atoms with Gasteiger partial charge in [0.1, 0.15) is 5.41 Å². The van der Waals surface area contributed by atoms with Crippen molar-refractivity contribution in [3.8, 4) is 6.07 Å². The lowest BCUT2D eigenvalue weighted by Gasteiger charge is -2.29. The van der Waals surface area contributed by atoms with Crippen molar-refractivity contribution in [3.63, 3.8) is 0 Å². The molecule has 0 aromatic heterocycles. The number of carbonyl (C=O) groups is 1. The van der Waals surface area contributed by atoms with Crippen molar-refractivity contribution in [3.05, 3.63) is 0 Å². The minimum Gasteiger partial charge on any atom is -0.352 e. The average Bonchev–Trinajstić information content (AvgIpc) is 2.81. The first-order chi connectivity index (χ1) is 9.68. The Kier molecular flexibility index (Phi) is 5.46. The SMILES string of the molecule is CC1CCCCCC1NC(=O)C1(C#N)CCCCCC1. The molecule has 0 aromatic carbocycles. The fraction of sp³-hybridized carbons (Fsp3) is 0.882. The number of hydrogen-bond acceptors (Lipinski definition) is 2. The molecule has 2 aliphatic rings. The third-order valence-electron chi connectivity index (χ3n) is 5.28. The van der Waals surface area contributed by atoms with E-state index in [1.54, 1.807) is 0 Å². The second-order valence-corrected chi connectivity index (χ2v) is 6.80. The van der Waals surface area contributed by atoms with E-state index in [0.29, 0.717) is 5.92 Å². The standard InChI is InChI=1S/C17H28N2O/c1-14-9-5-4-6-10-15(14)19-16(20)17(13-18)11-7-2-3-8-12-17/h14-15H,2-12H2,1H3,(H,19,20). The summed E-state index contributed by atoms with van der Waals surface area (Å²) in [4.78, 5) is 12.7. The first-order valence-corrected chi connectivity index (χ1v) is 8.40. The molecular weight excluding hydrogens is 248 g/mol. The molecule has 2 atom stereocenters. The molecule has 3 heteroatoms. The summed E-state index contributed by atoms with van der Waals surface area (Å²) in [5.41, 5.74) is -0.747. The highest BCUT2D eigenvalue weighted by Crippen LogP contribution is 2.35.